The van der Waals surface area contributed by atoms with Gasteiger partial charge in [-0.2, -0.15) is 0 Å². The van der Waals surface area contributed by atoms with Crippen LogP contribution in [0.25, 0.3) is 11.0 Å². The predicted molar refractivity (Wildman–Crippen MR) is 127 cm³/mol. The van der Waals surface area contributed by atoms with Gasteiger partial charge in [0.25, 0.3) is 5.91 Å². The Labute approximate surface area is 192 Å². The molecule has 33 heavy (non-hydrogen) atoms. The molecule has 2 heterocycles. The number of nitrogens with zero attached hydrogens (tertiary/aromatic N) is 2. The highest BCUT2D eigenvalue weighted by atomic mass is 16.5. The second-order valence-electron chi connectivity index (χ2n) is 8.41. The Morgan fingerprint density at radius 3 is 2.52 bits per heavy atom. The molecule has 3 aromatic rings. The van der Waals surface area contributed by atoms with Gasteiger partial charge in [0.05, 0.1) is 12.5 Å². The van der Waals surface area contributed by atoms with E-state index < -0.39 is 11.3 Å². The van der Waals surface area contributed by atoms with E-state index >= 15 is 0 Å². The molecule has 0 spiro atoms. The molecule has 1 aliphatic carbocycles. The van der Waals surface area contributed by atoms with Crippen molar-refractivity contribution in [2.24, 2.45) is 0 Å². The summed E-state index contributed by atoms with van der Waals surface area (Å²) in [6.07, 6.45) is 6.81. The molecule has 0 radical (unpaired) electrons. The Morgan fingerprint density at radius 2 is 1.82 bits per heavy atom. The summed E-state index contributed by atoms with van der Waals surface area (Å²) in [6.45, 7) is 1.80. The zero-order valence-corrected chi connectivity index (χ0v) is 18.9. The van der Waals surface area contributed by atoms with Crippen LogP contribution < -0.4 is 20.8 Å². The molecule has 0 unspecified atom stereocenters. The van der Waals surface area contributed by atoms with Crippen molar-refractivity contribution in [3.8, 4) is 5.75 Å². The van der Waals surface area contributed by atoms with Crippen LogP contribution in [0.4, 0.5) is 5.69 Å². The Hall–Kier alpha value is -3.68. The van der Waals surface area contributed by atoms with Gasteiger partial charge in [-0.15, -0.1) is 0 Å². The maximum atomic E-state index is 13.1. The molecule has 8 nitrogen and oxygen atoms in total. The minimum atomic E-state index is -0.547. The average Bonchev–Trinajstić information content (AvgIpc) is 2.82. The summed E-state index contributed by atoms with van der Waals surface area (Å²) in [4.78, 5) is 43.3. The van der Waals surface area contributed by atoms with Crippen molar-refractivity contribution in [2.45, 2.75) is 51.6 Å². The third-order valence-electron chi connectivity index (χ3n) is 5.94. The number of anilines is 1. The fourth-order valence-corrected chi connectivity index (χ4v) is 4.19. The fourth-order valence-electron chi connectivity index (χ4n) is 4.19. The molecule has 172 valence electrons. The first-order valence-corrected chi connectivity index (χ1v) is 11.2. The van der Waals surface area contributed by atoms with Crippen molar-refractivity contribution in [1.82, 2.24) is 14.9 Å². The van der Waals surface area contributed by atoms with E-state index in [1.165, 1.54) is 12.6 Å². The number of amides is 2. The van der Waals surface area contributed by atoms with Crippen LogP contribution in [0.15, 0.2) is 47.4 Å². The maximum absolute atomic E-state index is 13.1. The molecule has 8 heteroatoms. The van der Waals surface area contributed by atoms with Crippen molar-refractivity contribution in [1.29, 1.82) is 0 Å². The fraction of sp³-hybridized carbons (Fsp3) is 0.360. The molecule has 1 aromatic carbocycles. The molecule has 1 saturated carbocycles. The van der Waals surface area contributed by atoms with E-state index in [1.807, 2.05) is 6.92 Å². The second-order valence-corrected chi connectivity index (χ2v) is 8.41. The summed E-state index contributed by atoms with van der Waals surface area (Å²) in [5.74, 6) is -0.0442. The van der Waals surface area contributed by atoms with E-state index in [0.717, 1.165) is 31.4 Å². The highest BCUT2D eigenvalue weighted by molar-refractivity contribution is 6.05. The number of methoxy groups -OCH3 is 1. The monoisotopic (exact) mass is 448 g/mol. The zero-order chi connectivity index (χ0) is 23.4. The molecule has 1 aliphatic rings. The van der Waals surface area contributed by atoms with Crippen LogP contribution in [0.1, 0.15) is 48.2 Å². The lowest BCUT2D eigenvalue weighted by atomic mass is 9.95. The normalized spacial score (nSPS) is 14.1. The van der Waals surface area contributed by atoms with Gasteiger partial charge in [0.15, 0.2) is 0 Å². The molecule has 2 amide bonds. The number of aromatic nitrogens is 2. The maximum Gasteiger partial charge on any atom is 0.261 e. The number of nitrogens with one attached hydrogen (secondary N) is 2. The molecule has 0 aliphatic heterocycles. The number of hydrogen-bond acceptors (Lipinski definition) is 5. The minimum Gasteiger partial charge on any atom is -0.497 e. The largest absolute Gasteiger partial charge is 0.497 e. The van der Waals surface area contributed by atoms with E-state index in [4.69, 9.17) is 4.74 Å². The number of hydrogen-bond donors (Lipinski definition) is 2. The zero-order valence-electron chi connectivity index (χ0n) is 18.9. The highest BCUT2D eigenvalue weighted by Gasteiger charge is 2.20. The molecule has 4 rings (SSSR count). The summed E-state index contributed by atoms with van der Waals surface area (Å²) >= 11 is 0. The van der Waals surface area contributed by atoms with Crippen molar-refractivity contribution in [3.05, 3.63) is 64.1 Å². The molecule has 0 bridgehead atoms. The van der Waals surface area contributed by atoms with Gasteiger partial charge < -0.3 is 19.9 Å². The van der Waals surface area contributed by atoms with Crippen LogP contribution in [0.3, 0.4) is 0 Å². The Morgan fingerprint density at radius 1 is 1.09 bits per heavy atom. The molecule has 2 N–H and O–H groups in total. The van der Waals surface area contributed by atoms with E-state index in [1.54, 1.807) is 48.1 Å². The van der Waals surface area contributed by atoms with Crippen LogP contribution in [0, 0.1) is 6.92 Å². The molecular formula is C25H28N4O4. The summed E-state index contributed by atoms with van der Waals surface area (Å²) < 4.78 is 6.72. The van der Waals surface area contributed by atoms with Gasteiger partial charge in [-0.05, 0) is 56.2 Å². The van der Waals surface area contributed by atoms with Gasteiger partial charge in [-0.25, -0.2) is 4.98 Å². The Bertz CT molecular complexity index is 1230. The van der Waals surface area contributed by atoms with Gasteiger partial charge in [0, 0.05) is 23.6 Å². The number of pyridine rings is 2. The molecule has 2 aromatic heterocycles. The number of ether oxygens (including phenoxy) is 1. The lowest BCUT2D eigenvalue weighted by Gasteiger charge is -2.23. The summed E-state index contributed by atoms with van der Waals surface area (Å²) in [5, 5.41) is 6.13. The van der Waals surface area contributed by atoms with Crippen molar-refractivity contribution in [3.63, 3.8) is 0 Å². The predicted octanol–water partition coefficient (Wildman–Crippen LogP) is 3.41. The first kappa shape index (κ1) is 22.5. The molecule has 1 fully saturated rings. The molecule has 0 atom stereocenters. The van der Waals surface area contributed by atoms with E-state index in [2.05, 4.69) is 15.6 Å². The third-order valence-corrected chi connectivity index (χ3v) is 5.94. The highest BCUT2D eigenvalue weighted by Crippen LogP contribution is 2.18. The van der Waals surface area contributed by atoms with Crippen molar-refractivity contribution >= 4 is 28.5 Å². The SMILES string of the molecule is COc1ccc(NC(=O)c2cn(CC(=O)NC3CCCCC3)c3nc(C)ccc3c2=O)cc1. The van der Waals surface area contributed by atoms with Crippen LogP contribution in [-0.4, -0.2) is 34.5 Å². The lowest BCUT2D eigenvalue weighted by Crippen LogP contribution is -2.38. The van der Waals surface area contributed by atoms with Gasteiger partial charge in [0.2, 0.25) is 11.3 Å². The van der Waals surface area contributed by atoms with E-state index in [0.29, 0.717) is 22.5 Å². The van der Waals surface area contributed by atoms with Crippen LogP contribution in [-0.2, 0) is 11.3 Å². The van der Waals surface area contributed by atoms with E-state index in [-0.39, 0.29) is 24.1 Å². The second kappa shape index (κ2) is 9.85. The smallest absolute Gasteiger partial charge is 0.261 e. The van der Waals surface area contributed by atoms with E-state index in [9.17, 15) is 14.4 Å². The van der Waals surface area contributed by atoms with Crippen molar-refractivity contribution in [2.75, 3.05) is 12.4 Å². The number of carbonyl (C=O) groups is 2. The number of benzene rings is 1. The standard InChI is InChI=1S/C25H28N4O4/c1-16-8-13-20-23(31)21(25(32)28-18-9-11-19(33-2)12-10-18)14-29(24(20)26-16)15-22(30)27-17-6-4-3-5-7-17/h8-14,17H,3-7,15H2,1-2H3,(H,27,30)(H,28,32). The number of carbonyl (C=O) groups excluding carboxylic acids is 2. The lowest BCUT2D eigenvalue weighted by molar-refractivity contribution is -0.122. The summed E-state index contributed by atoms with van der Waals surface area (Å²) in [7, 11) is 1.56. The quantitative estimate of drug-likeness (QED) is 0.602. The minimum absolute atomic E-state index is 0.0213. The van der Waals surface area contributed by atoms with Gasteiger partial charge in [-0.3, -0.25) is 14.4 Å². The van der Waals surface area contributed by atoms with Crippen LogP contribution in [0.5, 0.6) is 5.75 Å². The van der Waals surface area contributed by atoms with Gasteiger partial charge in [-0.1, -0.05) is 19.3 Å². The number of fused-ring (bicyclic) bond motifs is 1. The van der Waals surface area contributed by atoms with Crippen LogP contribution >= 0.6 is 0 Å². The number of rotatable bonds is 6. The third kappa shape index (κ3) is 5.22. The average molecular weight is 449 g/mol. The summed E-state index contributed by atoms with van der Waals surface area (Å²) in [6, 6.07) is 10.4. The first-order valence-electron chi connectivity index (χ1n) is 11.2. The van der Waals surface area contributed by atoms with Gasteiger partial charge >= 0.3 is 0 Å². The van der Waals surface area contributed by atoms with Crippen LogP contribution in [0.2, 0.25) is 0 Å². The van der Waals surface area contributed by atoms with Crippen molar-refractivity contribution < 1.29 is 14.3 Å². The summed E-state index contributed by atoms with van der Waals surface area (Å²) in [5.41, 5.74) is 1.17. The molecular weight excluding hydrogens is 420 g/mol. The number of aryl methyl sites for hydroxylation is 1. The van der Waals surface area contributed by atoms with Gasteiger partial charge in [0.1, 0.15) is 23.5 Å². The molecule has 0 saturated heterocycles. The first-order chi connectivity index (χ1) is 15.9. The topological polar surface area (TPSA) is 102 Å². The Kier molecular flexibility index (Phi) is 6.72. The Balaban J connectivity index is 1.64.